The molecule has 1 atom stereocenters. The highest BCUT2D eigenvalue weighted by Gasteiger charge is 2.08. The summed E-state index contributed by atoms with van der Waals surface area (Å²) in [5, 5.41) is 14.6. The standard InChI is InChI=1S/C19H22N6/c1-14(15-7-5-4-6-8-15)21-19-23-18(13-20-24-19)22-16-9-11-17(12-10-16)25(2)3/h4-14H,1-3H3,(H2,21,22,23,24). The van der Waals surface area contributed by atoms with Crippen LogP contribution in [-0.4, -0.2) is 29.3 Å². The van der Waals surface area contributed by atoms with E-state index in [0.717, 1.165) is 11.4 Å². The number of hydrogen-bond acceptors (Lipinski definition) is 6. The van der Waals surface area contributed by atoms with Gasteiger partial charge in [0.25, 0.3) is 0 Å². The molecule has 1 aromatic heterocycles. The second-order valence-electron chi connectivity index (χ2n) is 6.01. The van der Waals surface area contributed by atoms with Crippen molar-refractivity contribution in [3.8, 4) is 0 Å². The Morgan fingerprint density at radius 3 is 2.36 bits per heavy atom. The smallest absolute Gasteiger partial charge is 0.245 e. The molecule has 1 unspecified atom stereocenters. The Morgan fingerprint density at radius 1 is 0.960 bits per heavy atom. The zero-order chi connectivity index (χ0) is 17.6. The molecule has 2 N–H and O–H groups in total. The quantitative estimate of drug-likeness (QED) is 0.714. The van der Waals surface area contributed by atoms with Gasteiger partial charge in [0.05, 0.1) is 12.2 Å². The maximum atomic E-state index is 4.48. The maximum Gasteiger partial charge on any atom is 0.245 e. The van der Waals surface area contributed by atoms with E-state index < -0.39 is 0 Å². The van der Waals surface area contributed by atoms with Crippen molar-refractivity contribution in [2.24, 2.45) is 0 Å². The Bertz CT molecular complexity index is 802. The summed E-state index contributed by atoms with van der Waals surface area (Å²) in [4.78, 5) is 6.54. The maximum absolute atomic E-state index is 4.48. The van der Waals surface area contributed by atoms with E-state index in [0.29, 0.717) is 11.8 Å². The predicted molar refractivity (Wildman–Crippen MR) is 102 cm³/mol. The fraction of sp³-hybridized carbons (Fsp3) is 0.211. The summed E-state index contributed by atoms with van der Waals surface area (Å²) in [7, 11) is 4.03. The number of rotatable bonds is 6. The van der Waals surface area contributed by atoms with Gasteiger partial charge in [-0.25, -0.2) is 0 Å². The van der Waals surface area contributed by atoms with Crippen molar-refractivity contribution in [1.82, 2.24) is 15.2 Å². The summed E-state index contributed by atoms with van der Waals surface area (Å²) in [5.74, 6) is 1.14. The van der Waals surface area contributed by atoms with Crippen LogP contribution in [0, 0.1) is 0 Å². The molecule has 6 nitrogen and oxygen atoms in total. The van der Waals surface area contributed by atoms with Crippen LogP contribution in [0.5, 0.6) is 0 Å². The van der Waals surface area contributed by atoms with E-state index in [-0.39, 0.29) is 6.04 Å². The number of nitrogens with one attached hydrogen (secondary N) is 2. The van der Waals surface area contributed by atoms with Gasteiger partial charge in [0.2, 0.25) is 5.95 Å². The Hall–Kier alpha value is -3.15. The summed E-state index contributed by atoms with van der Waals surface area (Å²) < 4.78 is 0. The average molecular weight is 334 g/mol. The van der Waals surface area contributed by atoms with E-state index in [4.69, 9.17) is 0 Å². The van der Waals surface area contributed by atoms with Crippen molar-refractivity contribution < 1.29 is 0 Å². The third-order valence-corrected chi connectivity index (χ3v) is 3.86. The van der Waals surface area contributed by atoms with Gasteiger partial charge in [-0.15, -0.1) is 5.10 Å². The molecule has 0 aliphatic carbocycles. The summed E-state index contributed by atoms with van der Waals surface area (Å²) in [6, 6.07) is 18.4. The molecular formula is C19H22N6. The Balaban J connectivity index is 1.69. The second kappa shape index (κ2) is 7.61. The van der Waals surface area contributed by atoms with Gasteiger partial charge in [-0.1, -0.05) is 30.3 Å². The molecular weight excluding hydrogens is 312 g/mol. The lowest BCUT2D eigenvalue weighted by molar-refractivity contribution is 0.841. The lowest BCUT2D eigenvalue weighted by Gasteiger charge is -2.15. The molecule has 128 valence electrons. The van der Waals surface area contributed by atoms with Crippen molar-refractivity contribution in [3.63, 3.8) is 0 Å². The largest absolute Gasteiger partial charge is 0.378 e. The SMILES string of the molecule is CC(Nc1nncc(Nc2ccc(N(C)C)cc2)n1)c1ccccc1. The average Bonchev–Trinajstić information content (AvgIpc) is 2.63. The minimum absolute atomic E-state index is 0.0950. The van der Waals surface area contributed by atoms with Gasteiger partial charge in [0, 0.05) is 25.5 Å². The van der Waals surface area contributed by atoms with Gasteiger partial charge < -0.3 is 15.5 Å². The van der Waals surface area contributed by atoms with Crippen LogP contribution in [-0.2, 0) is 0 Å². The van der Waals surface area contributed by atoms with Crippen LogP contribution in [0.3, 0.4) is 0 Å². The molecule has 0 aliphatic heterocycles. The lowest BCUT2D eigenvalue weighted by Crippen LogP contribution is -2.11. The molecule has 0 saturated carbocycles. The van der Waals surface area contributed by atoms with E-state index in [1.165, 1.54) is 5.56 Å². The van der Waals surface area contributed by atoms with Gasteiger partial charge in [-0.2, -0.15) is 10.1 Å². The van der Waals surface area contributed by atoms with Crippen molar-refractivity contribution in [2.45, 2.75) is 13.0 Å². The molecule has 6 heteroatoms. The number of nitrogens with zero attached hydrogens (tertiary/aromatic N) is 4. The molecule has 2 aromatic carbocycles. The van der Waals surface area contributed by atoms with Crippen LogP contribution >= 0.6 is 0 Å². The molecule has 0 spiro atoms. The minimum atomic E-state index is 0.0950. The summed E-state index contributed by atoms with van der Waals surface area (Å²) in [6.45, 7) is 2.07. The Kier molecular flexibility index (Phi) is 5.09. The van der Waals surface area contributed by atoms with E-state index >= 15 is 0 Å². The number of anilines is 4. The van der Waals surface area contributed by atoms with E-state index in [1.54, 1.807) is 6.20 Å². The van der Waals surface area contributed by atoms with Gasteiger partial charge in [0.1, 0.15) is 0 Å². The van der Waals surface area contributed by atoms with Crippen LogP contribution < -0.4 is 15.5 Å². The highest BCUT2D eigenvalue weighted by Crippen LogP contribution is 2.20. The molecule has 3 rings (SSSR count). The molecule has 0 amide bonds. The highest BCUT2D eigenvalue weighted by atomic mass is 15.3. The van der Waals surface area contributed by atoms with E-state index in [2.05, 4.69) is 49.8 Å². The molecule has 0 bridgehead atoms. The molecule has 25 heavy (non-hydrogen) atoms. The molecule has 0 aliphatic rings. The summed E-state index contributed by atoms with van der Waals surface area (Å²) in [5.41, 5.74) is 3.27. The molecule has 0 saturated heterocycles. The van der Waals surface area contributed by atoms with Crippen LogP contribution in [0.1, 0.15) is 18.5 Å². The number of hydrogen-bond donors (Lipinski definition) is 2. The normalized spacial score (nSPS) is 11.6. The summed E-state index contributed by atoms with van der Waals surface area (Å²) >= 11 is 0. The zero-order valence-corrected chi connectivity index (χ0v) is 14.6. The van der Waals surface area contributed by atoms with Gasteiger partial charge in [-0.3, -0.25) is 0 Å². The van der Waals surface area contributed by atoms with Crippen molar-refractivity contribution >= 4 is 23.1 Å². The number of aromatic nitrogens is 3. The minimum Gasteiger partial charge on any atom is -0.378 e. The third kappa shape index (κ3) is 4.44. The first-order chi connectivity index (χ1) is 12.1. The molecule has 0 fully saturated rings. The van der Waals surface area contributed by atoms with Crippen molar-refractivity contribution in [3.05, 3.63) is 66.4 Å². The fourth-order valence-corrected chi connectivity index (χ4v) is 2.43. The van der Waals surface area contributed by atoms with Crippen LogP contribution in [0.25, 0.3) is 0 Å². The monoisotopic (exact) mass is 334 g/mol. The zero-order valence-electron chi connectivity index (χ0n) is 14.6. The molecule has 1 heterocycles. The van der Waals surface area contributed by atoms with Crippen molar-refractivity contribution in [1.29, 1.82) is 0 Å². The number of benzene rings is 2. The van der Waals surface area contributed by atoms with Gasteiger partial charge in [-0.05, 0) is 36.8 Å². The van der Waals surface area contributed by atoms with Gasteiger partial charge >= 0.3 is 0 Å². The van der Waals surface area contributed by atoms with E-state index in [1.807, 2.05) is 56.6 Å². The first-order valence-corrected chi connectivity index (χ1v) is 8.17. The van der Waals surface area contributed by atoms with Gasteiger partial charge in [0.15, 0.2) is 5.82 Å². The summed E-state index contributed by atoms with van der Waals surface area (Å²) in [6.07, 6.45) is 1.61. The second-order valence-corrected chi connectivity index (χ2v) is 6.01. The Morgan fingerprint density at radius 2 is 1.68 bits per heavy atom. The lowest BCUT2D eigenvalue weighted by atomic mass is 10.1. The predicted octanol–water partition coefficient (Wildman–Crippen LogP) is 3.85. The Labute approximate surface area is 147 Å². The third-order valence-electron chi connectivity index (χ3n) is 3.86. The van der Waals surface area contributed by atoms with E-state index in [9.17, 15) is 0 Å². The van der Waals surface area contributed by atoms with Crippen molar-refractivity contribution in [2.75, 3.05) is 29.6 Å². The van der Waals surface area contributed by atoms with Crippen LogP contribution in [0.15, 0.2) is 60.8 Å². The fourth-order valence-electron chi connectivity index (χ4n) is 2.43. The van der Waals surface area contributed by atoms with Crippen LogP contribution in [0.4, 0.5) is 23.1 Å². The first kappa shape index (κ1) is 16.7. The highest BCUT2D eigenvalue weighted by molar-refractivity contribution is 5.60. The molecule has 3 aromatic rings. The molecule has 0 radical (unpaired) electrons. The topological polar surface area (TPSA) is 66.0 Å². The van der Waals surface area contributed by atoms with Crippen LogP contribution in [0.2, 0.25) is 0 Å². The first-order valence-electron chi connectivity index (χ1n) is 8.17.